The smallest absolute Gasteiger partial charge is 0.0992 e. The van der Waals surface area contributed by atoms with Gasteiger partial charge in [-0.2, -0.15) is 11.8 Å². The molecule has 22 heavy (non-hydrogen) atoms. The summed E-state index contributed by atoms with van der Waals surface area (Å²) in [5.74, 6) is 1.16. The lowest BCUT2D eigenvalue weighted by Crippen LogP contribution is -2.22. The largest absolute Gasteiger partial charge is 0.287 e. The number of aliphatic imine (C=N–C) groups is 1. The Morgan fingerprint density at radius 3 is 2.64 bits per heavy atom. The molecule has 0 saturated carbocycles. The Morgan fingerprint density at radius 2 is 2.05 bits per heavy atom. The number of thioether (sulfide) groups is 2. The van der Waals surface area contributed by atoms with E-state index in [0.717, 1.165) is 24.0 Å². The average Bonchev–Trinajstić information content (AvgIpc) is 2.52. The van der Waals surface area contributed by atoms with E-state index in [4.69, 9.17) is 4.99 Å². The van der Waals surface area contributed by atoms with Crippen molar-refractivity contribution in [1.29, 1.82) is 0 Å². The molecule has 0 fully saturated rings. The molecule has 0 atom stereocenters. The number of hydrogen-bond donors (Lipinski definition) is 0. The molecule has 0 N–H and O–H groups in total. The Balaban J connectivity index is 2.77. The minimum absolute atomic E-state index is 0.772. The van der Waals surface area contributed by atoms with Gasteiger partial charge in [-0.15, -0.1) is 11.8 Å². The zero-order chi connectivity index (χ0) is 16.4. The van der Waals surface area contributed by atoms with E-state index in [1.54, 1.807) is 11.8 Å². The minimum atomic E-state index is 0.772. The maximum absolute atomic E-state index is 4.81. The van der Waals surface area contributed by atoms with Crippen molar-refractivity contribution in [3.63, 3.8) is 0 Å². The topological polar surface area (TPSA) is 15.6 Å². The van der Waals surface area contributed by atoms with Crippen LogP contribution in [0.15, 0.2) is 23.2 Å². The molecule has 4 heteroatoms. The molecule has 0 aromatic heterocycles. The highest BCUT2D eigenvalue weighted by molar-refractivity contribution is 8.13. The van der Waals surface area contributed by atoms with Crippen molar-refractivity contribution < 1.29 is 0 Å². The Hall–Kier alpha value is -0.450. The van der Waals surface area contributed by atoms with Gasteiger partial charge in [-0.1, -0.05) is 31.5 Å². The van der Waals surface area contributed by atoms with E-state index in [1.807, 2.05) is 11.8 Å². The van der Waals surface area contributed by atoms with Gasteiger partial charge in [0.25, 0.3) is 0 Å². The fraction of sp³-hybridized carbons (Fsp3) is 0.611. The third-order valence-electron chi connectivity index (χ3n) is 3.67. The lowest BCUT2D eigenvalue weighted by molar-refractivity contribution is 0.369. The first-order valence-electron chi connectivity index (χ1n) is 7.98. The monoisotopic (exact) mass is 338 g/mol. The van der Waals surface area contributed by atoms with Crippen LogP contribution in [0, 0.1) is 6.92 Å². The molecular weight excluding hydrogens is 308 g/mol. The Labute approximate surface area is 145 Å². The summed E-state index contributed by atoms with van der Waals surface area (Å²) in [6.45, 7) is 6.30. The highest BCUT2D eigenvalue weighted by atomic mass is 32.2. The van der Waals surface area contributed by atoms with Crippen LogP contribution in [-0.4, -0.2) is 48.5 Å². The van der Waals surface area contributed by atoms with Gasteiger partial charge in [-0.3, -0.25) is 9.89 Å². The van der Waals surface area contributed by atoms with Gasteiger partial charge in [0.2, 0.25) is 0 Å². The van der Waals surface area contributed by atoms with Crippen molar-refractivity contribution in [3.8, 4) is 0 Å². The van der Waals surface area contributed by atoms with Gasteiger partial charge in [-0.05, 0) is 50.5 Å². The Morgan fingerprint density at radius 1 is 1.27 bits per heavy atom. The number of unbranched alkanes of at least 4 members (excludes halogenated alkanes) is 1. The molecule has 0 amide bonds. The van der Waals surface area contributed by atoms with Crippen LogP contribution in [0.2, 0.25) is 0 Å². The van der Waals surface area contributed by atoms with Crippen molar-refractivity contribution in [1.82, 2.24) is 4.90 Å². The lowest BCUT2D eigenvalue weighted by Gasteiger charge is -2.15. The number of nitrogens with zero attached hydrogens (tertiary/aromatic N) is 2. The van der Waals surface area contributed by atoms with Crippen molar-refractivity contribution in [2.24, 2.45) is 4.99 Å². The summed E-state index contributed by atoms with van der Waals surface area (Å²) in [4.78, 5) is 7.09. The molecule has 0 spiro atoms. The average molecular weight is 339 g/mol. The normalized spacial score (nSPS) is 12.2. The van der Waals surface area contributed by atoms with Crippen molar-refractivity contribution in [2.45, 2.75) is 33.1 Å². The molecule has 0 bridgehead atoms. The van der Waals surface area contributed by atoms with Gasteiger partial charge in [0.1, 0.15) is 0 Å². The van der Waals surface area contributed by atoms with Crippen LogP contribution in [0.3, 0.4) is 0 Å². The van der Waals surface area contributed by atoms with Crippen LogP contribution >= 0.6 is 23.5 Å². The first kappa shape index (κ1) is 19.6. The summed E-state index contributed by atoms with van der Waals surface area (Å²) in [7, 11) is 2.14. The SMILES string of the molecule is CCCCc1ccc(/C(=N/CN(C)CCSC)SC)c(C)c1. The van der Waals surface area contributed by atoms with Gasteiger partial charge in [-0.25, -0.2) is 0 Å². The van der Waals surface area contributed by atoms with Crippen molar-refractivity contribution in [2.75, 3.05) is 38.5 Å². The minimum Gasteiger partial charge on any atom is -0.287 e. The van der Waals surface area contributed by atoms with E-state index in [1.165, 1.54) is 36.0 Å². The quantitative estimate of drug-likeness (QED) is 0.479. The molecule has 0 radical (unpaired) electrons. The van der Waals surface area contributed by atoms with E-state index in [9.17, 15) is 0 Å². The second-order valence-corrected chi connectivity index (χ2v) is 7.41. The van der Waals surface area contributed by atoms with Crippen LogP contribution in [-0.2, 0) is 6.42 Å². The van der Waals surface area contributed by atoms with E-state index >= 15 is 0 Å². The molecule has 0 aliphatic carbocycles. The third-order valence-corrected chi connectivity index (χ3v) is 4.99. The van der Waals surface area contributed by atoms with Crippen LogP contribution in [0.1, 0.15) is 36.5 Å². The molecule has 0 unspecified atom stereocenters. The first-order chi connectivity index (χ1) is 10.6. The highest BCUT2D eigenvalue weighted by Gasteiger charge is 2.07. The van der Waals surface area contributed by atoms with Crippen LogP contribution in [0.4, 0.5) is 0 Å². The predicted octanol–water partition coefficient (Wildman–Crippen LogP) is 4.70. The Bertz CT molecular complexity index is 472. The maximum atomic E-state index is 4.81. The van der Waals surface area contributed by atoms with E-state index in [0.29, 0.717) is 0 Å². The fourth-order valence-electron chi connectivity index (χ4n) is 2.26. The lowest BCUT2D eigenvalue weighted by atomic mass is 10.0. The van der Waals surface area contributed by atoms with Crippen LogP contribution in [0.25, 0.3) is 0 Å². The van der Waals surface area contributed by atoms with E-state index in [2.05, 4.69) is 56.5 Å². The van der Waals surface area contributed by atoms with E-state index in [-0.39, 0.29) is 0 Å². The van der Waals surface area contributed by atoms with Crippen molar-refractivity contribution >= 4 is 28.6 Å². The van der Waals surface area contributed by atoms with Crippen LogP contribution in [0.5, 0.6) is 0 Å². The molecule has 0 heterocycles. The first-order valence-corrected chi connectivity index (χ1v) is 10.6. The second kappa shape index (κ2) is 11.1. The molecule has 1 aromatic carbocycles. The number of rotatable bonds is 9. The van der Waals surface area contributed by atoms with Gasteiger partial charge >= 0.3 is 0 Å². The molecule has 1 aromatic rings. The summed E-state index contributed by atoms with van der Waals surface area (Å²) in [5.41, 5.74) is 4.07. The van der Waals surface area contributed by atoms with Gasteiger partial charge in [0.15, 0.2) is 0 Å². The maximum Gasteiger partial charge on any atom is 0.0992 e. The molecule has 0 aliphatic rings. The van der Waals surface area contributed by atoms with E-state index < -0.39 is 0 Å². The molecule has 1 rings (SSSR count). The highest BCUT2D eigenvalue weighted by Crippen LogP contribution is 2.19. The van der Waals surface area contributed by atoms with Crippen molar-refractivity contribution in [3.05, 3.63) is 34.9 Å². The molecule has 124 valence electrons. The standard InChI is InChI=1S/C18H30N2S2/c1-6-7-8-16-9-10-17(15(2)13-16)18(22-5)19-14-20(3)11-12-21-4/h9-10,13H,6-8,11-12,14H2,1-5H3/b19-18-. The van der Waals surface area contributed by atoms with Crippen LogP contribution < -0.4 is 0 Å². The van der Waals surface area contributed by atoms with Gasteiger partial charge in [0.05, 0.1) is 11.7 Å². The van der Waals surface area contributed by atoms with Gasteiger partial charge in [0, 0.05) is 17.9 Å². The zero-order valence-electron chi connectivity index (χ0n) is 14.7. The fourth-order valence-corrected chi connectivity index (χ4v) is 3.39. The number of benzene rings is 1. The third kappa shape index (κ3) is 6.76. The summed E-state index contributed by atoms with van der Waals surface area (Å²) < 4.78 is 0. The summed E-state index contributed by atoms with van der Waals surface area (Å²) in [5, 5.41) is 1.15. The zero-order valence-corrected chi connectivity index (χ0v) is 16.3. The molecule has 0 saturated heterocycles. The van der Waals surface area contributed by atoms with Gasteiger partial charge < -0.3 is 0 Å². The summed E-state index contributed by atoms with van der Waals surface area (Å²) in [6.07, 6.45) is 7.96. The summed E-state index contributed by atoms with van der Waals surface area (Å²) in [6, 6.07) is 6.84. The number of hydrogen-bond acceptors (Lipinski definition) is 4. The Kier molecular flexibility index (Phi) is 9.92. The second-order valence-electron chi connectivity index (χ2n) is 5.63. The number of aryl methyl sites for hydroxylation is 2. The molecule has 2 nitrogen and oxygen atoms in total. The predicted molar refractivity (Wildman–Crippen MR) is 106 cm³/mol. The molecule has 0 aliphatic heterocycles. The molecular formula is C18H30N2S2. The summed E-state index contributed by atoms with van der Waals surface area (Å²) >= 11 is 3.63.